The molecule has 0 aromatic carbocycles. The molecule has 0 unspecified atom stereocenters. The predicted molar refractivity (Wildman–Crippen MR) is 94.1 cm³/mol. The first kappa shape index (κ1) is 22.8. The third-order valence-corrected chi connectivity index (χ3v) is 4.49. The van der Waals surface area contributed by atoms with E-state index < -0.39 is 49.1 Å². The Balaban J connectivity index is 2.49. The van der Waals surface area contributed by atoms with Crippen LogP contribution in [0.2, 0.25) is 0 Å². The van der Waals surface area contributed by atoms with Gasteiger partial charge in [0.05, 0.1) is 6.61 Å². The summed E-state index contributed by atoms with van der Waals surface area (Å²) in [5, 5.41) is 31.9. The largest absolute Gasteiger partial charge is 0.457 e. The van der Waals surface area contributed by atoms with Crippen molar-refractivity contribution in [3.05, 3.63) is 0 Å². The number of hydrogen-bond donors (Lipinski definition) is 4. The molecule has 0 aromatic rings. The van der Waals surface area contributed by atoms with Crippen LogP contribution in [0.25, 0.3) is 0 Å². The minimum atomic E-state index is -1.49. The lowest BCUT2D eigenvalue weighted by Crippen LogP contribution is -2.65. The van der Waals surface area contributed by atoms with Gasteiger partial charge in [0, 0.05) is 13.3 Å². The molecular formula is C18H33NO7. The van der Waals surface area contributed by atoms with Crippen molar-refractivity contribution in [1.29, 1.82) is 0 Å². The van der Waals surface area contributed by atoms with Gasteiger partial charge in [-0.25, -0.2) is 0 Å². The number of unbranched alkanes of at least 4 members (excludes halogenated alkanes) is 6. The van der Waals surface area contributed by atoms with Crippen molar-refractivity contribution in [1.82, 2.24) is 5.32 Å². The predicted octanol–water partition coefficient (Wildman–Crippen LogP) is 0.614. The van der Waals surface area contributed by atoms with E-state index in [1.807, 2.05) is 0 Å². The zero-order valence-electron chi connectivity index (χ0n) is 15.7. The molecule has 0 aromatic heterocycles. The fourth-order valence-electron chi connectivity index (χ4n) is 3.05. The van der Waals surface area contributed by atoms with Crippen LogP contribution in [0.3, 0.4) is 0 Å². The van der Waals surface area contributed by atoms with Crippen LogP contribution in [0, 0.1) is 0 Å². The Hall–Kier alpha value is -1.22. The molecule has 0 aliphatic carbocycles. The van der Waals surface area contributed by atoms with Crippen LogP contribution in [0.15, 0.2) is 0 Å². The molecule has 1 aliphatic heterocycles. The summed E-state index contributed by atoms with van der Waals surface area (Å²) >= 11 is 0. The summed E-state index contributed by atoms with van der Waals surface area (Å²) in [6, 6.07) is -1.09. The number of carbonyl (C=O) groups is 2. The van der Waals surface area contributed by atoms with Gasteiger partial charge in [-0.3, -0.25) is 9.59 Å². The van der Waals surface area contributed by atoms with E-state index in [9.17, 15) is 24.9 Å². The van der Waals surface area contributed by atoms with Crippen molar-refractivity contribution in [2.75, 3.05) is 6.61 Å². The average molecular weight is 375 g/mol. The Morgan fingerprint density at radius 2 is 1.69 bits per heavy atom. The average Bonchev–Trinajstić information content (AvgIpc) is 2.59. The molecule has 0 bridgehead atoms. The molecule has 1 amide bonds. The number of rotatable bonds is 11. The maximum absolute atomic E-state index is 12.1. The first-order valence-corrected chi connectivity index (χ1v) is 9.49. The molecule has 1 heterocycles. The van der Waals surface area contributed by atoms with Crippen molar-refractivity contribution in [3.63, 3.8) is 0 Å². The summed E-state index contributed by atoms with van der Waals surface area (Å²) in [5.41, 5.74) is 0. The molecule has 0 spiro atoms. The first-order chi connectivity index (χ1) is 12.4. The van der Waals surface area contributed by atoms with Crippen LogP contribution in [0.5, 0.6) is 0 Å². The van der Waals surface area contributed by atoms with Crippen molar-refractivity contribution >= 4 is 11.9 Å². The smallest absolute Gasteiger partial charge is 0.306 e. The van der Waals surface area contributed by atoms with E-state index in [1.165, 1.54) is 26.2 Å². The summed E-state index contributed by atoms with van der Waals surface area (Å²) < 4.78 is 10.4. The Morgan fingerprint density at radius 1 is 1.08 bits per heavy atom. The fourth-order valence-corrected chi connectivity index (χ4v) is 3.05. The van der Waals surface area contributed by atoms with Crippen LogP contribution >= 0.6 is 0 Å². The Labute approximate surface area is 154 Å². The molecule has 0 radical (unpaired) electrons. The highest BCUT2D eigenvalue weighted by atomic mass is 16.6. The van der Waals surface area contributed by atoms with Gasteiger partial charge in [0.1, 0.15) is 18.2 Å². The molecule has 1 aliphatic rings. The third kappa shape index (κ3) is 7.57. The van der Waals surface area contributed by atoms with Gasteiger partial charge in [-0.05, 0) is 6.42 Å². The number of hydrogen-bond acceptors (Lipinski definition) is 7. The molecule has 0 saturated carbocycles. The lowest BCUT2D eigenvalue weighted by atomic mass is 9.96. The van der Waals surface area contributed by atoms with Gasteiger partial charge in [0.2, 0.25) is 5.91 Å². The molecule has 8 heteroatoms. The molecule has 1 fully saturated rings. The third-order valence-electron chi connectivity index (χ3n) is 4.49. The van der Waals surface area contributed by atoms with E-state index >= 15 is 0 Å². The summed E-state index contributed by atoms with van der Waals surface area (Å²) in [5.74, 6) is -0.968. The lowest BCUT2D eigenvalue weighted by molar-refractivity contribution is -0.258. The van der Waals surface area contributed by atoms with Crippen LogP contribution in [0.1, 0.15) is 65.2 Å². The maximum Gasteiger partial charge on any atom is 0.306 e. The fraction of sp³-hybridized carbons (Fsp3) is 0.889. The monoisotopic (exact) mass is 375 g/mol. The SMILES string of the molecule is CCCCCCCCCC(=O)O[C@@H]1[C@H](O)[C@@H](CO)O[C@@H](O)[C@H]1NC(C)=O. The zero-order chi connectivity index (χ0) is 19.5. The summed E-state index contributed by atoms with van der Waals surface area (Å²) in [7, 11) is 0. The molecule has 4 N–H and O–H groups in total. The summed E-state index contributed by atoms with van der Waals surface area (Å²) in [6.45, 7) is 2.86. The second-order valence-electron chi connectivity index (χ2n) is 6.79. The van der Waals surface area contributed by atoms with Gasteiger partial charge in [-0.15, -0.1) is 0 Å². The number of ether oxygens (including phenoxy) is 2. The van der Waals surface area contributed by atoms with Crippen LogP contribution in [0.4, 0.5) is 0 Å². The Kier molecular flexibility index (Phi) is 10.7. The second-order valence-corrected chi connectivity index (χ2v) is 6.79. The topological polar surface area (TPSA) is 125 Å². The molecule has 8 nitrogen and oxygen atoms in total. The summed E-state index contributed by atoms with van der Waals surface area (Å²) in [6.07, 6.45) is 2.52. The van der Waals surface area contributed by atoms with Gasteiger partial charge in [-0.2, -0.15) is 0 Å². The van der Waals surface area contributed by atoms with Crippen LogP contribution < -0.4 is 5.32 Å². The minimum absolute atomic E-state index is 0.199. The van der Waals surface area contributed by atoms with Gasteiger partial charge in [0.15, 0.2) is 12.4 Å². The minimum Gasteiger partial charge on any atom is -0.457 e. The quantitative estimate of drug-likeness (QED) is 0.308. The van der Waals surface area contributed by atoms with E-state index in [4.69, 9.17) is 9.47 Å². The standard InChI is InChI=1S/C18H33NO7/c1-3-4-5-6-7-8-9-10-14(22)26-17-15(19-12(2)21)18(24)25-13(11-20)16(17)23/h13,15-18,20,23-24H,3-11H2,1-2H3,(H,19,21)/t13-,15+,16-,17+,18-/m1/s1. The zero-order valence-corrected chi connectivity index (χ0v) is 15.7. The van der Waals surface area contributed by atoms with Crippen molar-refractivity contribution in [2.45, 2.75) is 95.9 Å². The van der Waals surface area contributed by atoms with E-state index in [0.29, 0.717) is 6.42 Å². The Bertz CT molecular complexity index is 432. The number of amides is 1. The molecule has 1 rings (SSSR count). The van der Waals surface area contributed by atoms with Crippen LogP contribution in [-0.4, -0.2) is 64.4 Å². The highest BCUT2D eigenvalue weighted by Crippen LogP contribution is 2.23. The molecular weight excluding hydrogens is 342 g/mol. The maximum atomic E-state index is 12.1. The van der Waals surface area contributed by atoms with E-state index in [1.54, 1.807) is 0 Å². The number of aliphatic hydroxyl groups excluding tert-OH is 3. The van der Waals surface area contributed by atoms with Crippen molar-refractivity contribution < 1.29 is 34.4 Å². The van der Waals surface area contributed by atoms with Gasteiger partial charge >= 0.3 is 5.97 Å². The molecule has 26 heavy (non-hydrogen) atoms. The molecule has 152 valence electrons. The molecule has 5 atom stereocenters. The number of carbonyl (C=O) groups excluding carboxylic acids is 2. The lowest BCUT2D eigenvalue weighted by Gasteiger charge is -2.41. The van der Waals surface area contributed by atoms with Crippen molar-refractivity contribution in [2.24, 2.45) is 0 Å². The van der Waals surface area contributed by atoms with Crippen molar-refractivity contribution in [3.8, 4) is 0 Å². The van der Waals surface area contributed by atoms with Gasteiger partial charge in [-0.1, -0.05) is 45.4 Å². The highest BCUT2D eigenvalue weighted by molar-refractivity contribution is 5.73. The number of nitrogens with one attached hydrogen (secondary N) is 1. The highest BCUT2D eigenvalue weighted by Gasteiger charge is 2.47. The van der Waals surface area contributed by atoms with E-state index in [0.717, 1.165) is 19.3 Å². The van der Waals surface area contributed by atoms with Gasteiger partial charge in [0.25, 0.3) is 0 Å². The number of esters is 1. The number of aliphatic hydroxyl groups is 3. The Morgan fingerprint density at radius 3 is 2.27 bits per heavy atom. The van der Waals surface area contributed by atoms with Gasteiger partial charge < -0.3 is 30.1 Å². The normalized spacial score (nSPS) is 28.6. The van der Waals surface area contributed by atoms with E-state index in [2.05, 4.69) is 12.2 Å². The molecule has 1 saturated heterocycles. The first-order valence-electron chi connectivity index (χ1n) is 9.49. The second kappa shape index (κ2) is 12.2. The summed E-state index contributed by atoms with van der Waals surface area (Å²) in [4.78, 5) is 23.4. The van der Waals surface area contributed by atoms with Crippen LogP contribution in [-0.2, 0) is 19.1 Å². The van der Waals surface area contributed by atoms with E-state index in [-0.39, 0.29) is 6.42 Å².